The van der Waals surface area contributed by atoms with Gasteiger partial charge in [-0.05, 0) is 37.1 Å². The van der Waals surface area contributed by atoms with Gasteiger partial charge in [-0.25, -0.2) is 4.79 Å². The van der Waals surface area contributed by atoms with Crippen LogP contribution in [0.1, 0.15) is 29.4 Å². The van der Waals surface area contributed by atoms with Crippen molar-refractivity contribution in [3.8, 4) is 0 Å². The molecule has 3 rings (SSSR count). The van der Waals surface area contributed by atoms with Gasteiger partial charge in [0.15, 0.2) is 5.78 Å². The minimum absolute atomic E-state index is 0.0666. The highest BCUT2D eigenvalue weighted by molar-refractivity contribution is 6.31. The second-order valence-corrected chi connectivity index (χ2v) is 6.60. The van der Waals surface area contributed by atoms with E-state index >= 15 is 0 Å². The van der Waals surface area contributed by atoms with Gasteiger partial charge < -0.3 is 15.0 Å². The molecule has 0 amide bonds. The zero-order valence-electron chi connectivity index (χ0n) is 15.0. The lowest BCUT2D eigenvalue weighted by Gasteiger charge is -2.08. The van der Waals surface area contributed by atoms with Crippen molar-refractivity contribution in [1.82, 2.24) is 4.98 Å². The number of nitrogens with one attached hydrogen (secondary N) is 2. The highest BCUT2D eigenvalue weighted by Gasteiger charge is 2.19. The molecule has 1 aromatic heterocycles. The van der Waals surface area contributed by atoms with Crippen molar-refractivity contribution in [3.05, 3.63) is 64.8 Å². The number of aromatic nitrogens is 1. The lowest BCUT2D eigenvalue weighted by atomic mass is 10.1. The minimum Gasteiger partial charge on any atom is -0.461 e. The summed E-state index contributed by atoms with van der Waals surface area (Å²) in [4.78, 5) is 27.6. The van der Waals surface area contributed by atoms with E-state index in [1.54, 1.807) is 19.1 Å². The van der Waals surface area contributed by atoms with Crippen molar-refractivity contribution in [3.63, 3.8) is 0 Å². The number of H-pyrrole nitrogens is 1. The van der Waals surface area contributed by atoms with Crippen molar-refractivity contribution in [2.24, 2.45) is 0 Å². The Morgan fingerprint density at radius 3 is 2.67 bits per heavy atom. The number of halogens is 1. The van der Waals surface area contributed by atoms with Crippen molar-refractivity contribution in [2.75, 3.05) is 18.5 Å². The summed E-state index contributed by atoms with van der Waals surface area (Å²) in [5.41, 5.74) is 2.70. The molecule has 0 fully saturated rings. The molecule has 0 spiro atoms. The van der Waals surface area contributed by atoms with Gasteiger partial charge in [0.2, 0.25) is 0 Å². The van der Waals surface area contributed by atoms with E-state index in [1.165, 1.54) is 0 Å². The summed E-state index contributed by atoms with van der Waals surface area (Å²) in [6, 6.07) is 15.2. The van der Waals surface area contributed by atoms with E-state index in [9.17, 15) is 9.59 Å². The SMILES string of the molecule is CCOC(=O)c1[nH]c2cc(Cl)ccc2c1NCC(=O)CCc1ccccc1. The number of aryl methyl sites for hydroxylation is 1. The fourth-order valence-corrected chi connectivity index (χ4v) is 3.09. The number of aromatic amines is 1. The molecule has 0 aliphatic rings. The molecule has 2 aromatic carbocycles. The van der Waals surface area contributed by atoms with Crippen LogP contribution in [0.15, 0.2) is 48.5 Å². The fourth-order valence-electron chi connectivity index (χ4n) is 2.91. The van der Waals surface area contributed by atoms with Gasteiger partial charge in [-0.2, -0.15) is 0 Å². The van der Waals surface area contributed by atoms with Crippen LogP contribution in [0.3, 0.4) is 0 Å². The normalized spacial score (nSPS) is 10.7. The molecule has 3 aromatic rings. The largest absolute Gasteiger partial charge is 0.461 e. The number of ketones is 1. The number of fused-ring (bicyclic) bond motifs is 1. The fraction of sp³-hybridized carbons (Fsp3) is 0.238. The molecule has 0 aliphatic heterocycles. The van der Waals surface area contributed by atoms with E-state index in [2.05, 4.69) is 10.3 Å². The van der Waals surface area contributed by atoms with Gasteiger partial charge in [0.1, 0.15) is 5.69 Å². The van der Waals surface area contributed by atoms with Crippen molar-refractivity contribution in [2.45, 2.75) is 19.8 Å². The lowest BCUT2D eigenvalue weighted by molar-refractivity contribution is -0.117. The van der Waals surface area contributed by atoms with Crippen molar-refractivity contribution in [1.29, 1.82) is 0 Å². The van der Waals surface area contributed by atoms with Crippen LogP contribution in [-0.2, 0) is 16.0 Å². The van der Waals surface area contributed by atoms with Gasteiger partial charge in [-0.1, -0.05) is 41.9 Å². The standard InChI is InChI=1S/C21H21ClN2O3/c1-2-27-21(26)20-19(17-11-9-15(22)12-18(17)24-20)23-13-16(25)10-8-14-6-4-3-5-7-14/h3-7,9,11-12,23-24H,2,8,10,13H2,1H3. The molecule has 0 saturated carbocycles. The second-order valence-electron chi connectivity index (χ2n) is 6.16. The molecule has 0 radical (unpaired) electrons. The Morgan fingerprint density at radius 2 is 1.93 bits per heavy atom. The van der Waals surface area contributed by atoms with E-state index in [0.29, 0.717) is 34.8 Å². The molecular weight excluding hydrogens is 364 g/mol. The average Bonchev–Trinajstić information content (AvgIpc) is 3.03. The Morgan fingerprint density at radius 1 is 1.15 bits per heavy atom. The number of carbonyl (C=O) groups excluding carboxylic acids is 2. The number of rotatable bonds is 8. The van der Waals surface area contributed by atoms with E-state index in [1.807, 2.05) is 36.4 Å². The molecule has 27 heavy (non-hydrogen) atoms. The van der Waals surface area contributed by atoms with Gasteiger partial charge in [0.05, 0.1) is 18.8 Å². The summed E-state index contributed by atoms with van der Waals surface area (Å²) >= 11 is 6.04. The molecule has 0 unspecified atom stereocenters. The summed E-state index contributed by atoms with van der Waals surface area (Å²) in [5, 5.41) is 4.46. The maximum atomic E-state index is 12.3. The topological polar surface area (TPSA) is 71.2 Å². The number of ether oxygens (including phenoxy) is 1. The third-order valence-corrected chi connectivity index (χ3v) is 4.47. The van der Waals surface area contributed by atoms with Gasteiger partial charge in [-0.3, -0.25) is 4.79 Å². The monoisotopic (exact) mass is 384 g/mol. The maximum Gasteiger partial charge on any atom is 0.356 e. The molecule has 1 heterocycles. The minimum atomic E-state index is -0.468. The number of carbonyl (C=O) groups is 2. The summed E-state index contributed by atoms with van der Waals surface area (Å²) in [7, 11) is 0. The number of Topliss-reactive ketones (excluding diaryl/α,β-unsaturated/α-hetero) is 1. The van der Waals surface area contributed by atoms with E-state index < -0.39 is 5.97 Å². The van der Waals surface area contributed by atoms with Gasteiger partial charge in [-0.15, -0.1) is 0 Å². The van der Waals surface area contributed by atoms with Crippen LogP contribution in [0.2, 0.25) is 5.02 Å². The molecule has 6 heteroatoms. The number of hydrogen-bond donors (Lipinski definition) is 2. The van der Waals surface area contributed by atoms with Crippen LogP contribution in [-0.4, -0.2) is 29.9 Å². The molecule has 0 saturated heterocycles. The zero-order chi connectivity index (χ0) is 19.2. The zero-order valence-corrected chi connectivity index (χ0v) is 15.8. The molecular formula is C21H21ClN2O3. The van der Waals surface area contributed by atoms with E-state index in [-0.39, 0.29) is 18.9 Å². The Bertz CT molecular complexity index is 951. The van der Waals surface area contributed by atoms with Crippen molar-refractivity contribution >= 4 is 39.9 Å². The average molecular weight is 385 g/mol. The highest BCUT2D eigenvalue weighted by atomic mass is 35.5. The molecule has 5 nitrogen and oxygen atoms in total. The Balaban J connectivity index is 1.73. The highest BCUT2D eigenvalue weighted by Crippen LogP contribution is 2.30. The number of benzene rings is 2. The van der Waals surface area contributed by atoms with Crippen LogP contribution in [0.25, 0.3) is 10.9 Å². The van der Waals surface area contributed by atoms with Crippen LogP contribution < -0.4 is 5.32 Å². The smallest absolute Gasteiger partial charge is 0.356 e. The summed E-state index contributed by atoms with van der Waals surface area (Å²) in [6.07, 6.45) is 1.12. The Labute approximate surface area is 162 Å². The van der Waals surface area contributed by atoms with Crippen LogP contribution in [0.5, 0.6) is 0 Å². The first kappa shape index (κ1) is 19.0. The summed E-state index contributed by atoms with van der Waals surface area (Å²) in [5.74, 6) is -0.402. The number of hydrogen-bond acceptors (Lipinski definition) is 4. The molecule has 140 valence electrons. The predicted octanol–water partition coefficient (Wildman–Crippen LogP) is 4.61. The molecule has 0 atom stereocenters. The first-order chi connectivity index (χ1) is 13.1. The van der Waals surface area contributed by atoms with Gasteiger partial charge in [0.25, 0.3) is 0 Å². The molecule has 0 bridgehead atoms. The predicted molar refractivity (Wildman–Crippen MR) is 108 cm³/mol. The van der Waals surface area contributed by atoms with Crippen LogP contribution in [0, 0.1) is 0 Å². The van der Waals surface area contributed by atoms with E-state index in [0.717, 1.165) is 10.9 Å². The lowest BCUT2D eigenvalue weighted by Crippen LogP contribution is -2.16. The Kier molecular flexibility index (Phi) is 6.14. The summed E-state index contributed by atoms with van der Waals surface area (Å²) < 4.78 is 5.11. The van der Waals surface area contributed by atoms with Crippen molar-refractivity contribution < 1.29 is 14.3 Å². The molecule has 0 aliphatic carbocycles. The number of esters is 1. The molecule has 2 N–H and O–H groups in total. The van der Waals surface area contributed by atoms with Crippen LogP contribution in [0.4, 0.5) is 5.69 Å². The van der Waals surface area contributed by atoms with Gasteiger partial charge >= 0.3 is 5.97 Å². The Hall–Kier alpha value is -2.79. The third-order valence-electron chi connectivity index (χ3n) is 4.24. The first-order valence-corrected chi connectivity index (χ1v) is 9.24. The number of anilines is 1. The summed E-state index contributed by atoms with van der Waals surface area (Å²) in [6.45, 7) is 2.15. The first-order valence-electron chi connectivity index (χ1n) is 8.86. The maximum absolute atomic E-state index is 12.3. The quantitative estimate of drug-likeness (QED) is 0.556. The van der Waals surface area contributed by atoms with E-state index in [4.69, 9.17) is 16.3 Å². The van der Waals surface area contributed by atoms with Crippen LogP contribution >= 0.6 is 11.6 Å². The second kappa shape index (κ2) is 8.73. The third kappa shape index (κ3) is 4.68. The van der Waals surface area contributed by atoms with Gasteiger partial charge in [0, 0.05) is 22.3 Å².